The molecule has 0 aliphatic rings. The van der Waals surface area contributed by atoms with E-state index in [4.69, 9.17) is 10.5 Å². The number of nitrogen functional groups attached to an aromatic ring is 1. The zero-order chi connectivity index (χ0) is 15.4. The normalized spacial score (nSPS) is 12.2. The molecule has 114 valence electrons. The van der Waals surface area contributed by atoms with Gasteiger partial charge in [0.15, 0.2) is 0 Å². The number of hydrogen-bond acceptors (Lipinski definition) is 5. The standard InChI is InChI=1S/C14H25N3O2S/c1-13(2,3)19-12(18)16-9-14(4,5)17-8-11-10(15)6-7-20-11/h6-7,17H,8-9,15H2,1-5H3,(H,16,18). The summed E-state index contributed by atoms with van der Waals surface area (Å²) in [6.07, 6.45) is -0.400. The molecule has 5 nitrogen and oxygen atoms in total. The van der Waals surface area contributed by atoms with Crippen LogP contribution in [0.25, 0.3) is 0 Å². The number of alkyl carbamates (subject to hydrolysis) is 1. The zero-order valence-corrected chi connectivity index (χ0v) is 13.7. The number of carbonyl (C=O) groups excluding carboxylic acids is 1. The molecule has 6 heteroatoms. The first-order chi connectivity index (χ1) is 9.09. The summed E-state index contributed by atoms with van der Waals surface area (Å²) < 4.78 is 5.21. The first kappa shape index (κ1) is 16.8. The highest BCUT2D eigenvalue weighted by atomic mass is 32.1. The van der Waals surface area contributed by atoms with Crippen molar-refractivity contribution in [3.05, 3.63) is 16.3 Å². The van der Waals surface area contributed by atoms with Gasteiger partial charge in [-0.25, -0.2) is 4.79 Å². The number of carbonyl (C=O) groups is 1. The van der Waals surface area contributed by atoms with Gasteiger partial charge in [0.2, 0.25) is 0 Å². The molecule has 0 spiro atoms. The Balaban J connectivity index is 2.38. The number of hydrogen-bond donors (Lipinski definition) is 3. The lowest BCUT2D eigenvalue weighted by molar-refractivity contribution is 0.0513. The van der Waals surface area contributed by atoms with Crippen LogP contribution < -0.4 is 16.4 Å². The van der Waals surface area contributed by atoms with E-state index < -0.39 is 11.7 Å². The second-order valence-corrected chi connectivity index (χ2v) is 7.39. The third-order valence-corrected chi connectivity index (χ3v) is 3.52. The van der Waals surface area contributed by atoms with E-state index in [1.54, 1.807) is 11.3 Å². The molecule has 1 aromatic heterocycles. The maximum Gasteiger partial charge on any atom is 0.407 e. The molecule has 0 radical (unpaired) electrons. The Bertz CT molecular complexity index is 450. The van der Waals surface area contributed by atoms with Crippen LogP contribution in [0.15, 0.2) is 11.4 Å². The van der Waals surface area contributed by atoms with Crippen LogP contribution in [-0.2, 0) is 11.3 Å². The smallest absolute Gasteiger partial charge is 0.407 e. The van der Waals surface area contributed by atoms with Gasteiger partial charge in [0, 0.05) is 29.2 Å². The van der Waals surface area contributed by atoms with Crippen molar-refractivity contribution in [1.29, 1.82) is 0 Å². The van der Waals surface area contributed by atoms with Crippen LogP contribution in [0, 0.1) is 0 Å². The van der Waals surface area contributed by atoms with E-state index in [1.165, 1.54) is 0 Å². The van der Waals surface area contributed by atoms with Crippen LogP contribution >= 0.6 is 11.3 Å². The fourth-order valence-corrected chi connectivity index (χ4v) is 2.22. The fourth-order valence-electron chi connectivity index (χ4n) is 1.48. The minimum absolute atomic E-state index is 0.243. The van der Waals surface area contributed by atoms with Crippen molar-refractivity contribution < 1.29 is 9.53 Å². The first-order valence-corrected chi connectivity index (χ1v) is 7.51. The highest BCUT2D eigenvalue weighted by Gasteiger charge is 2.21. The Morgan fingerprint density at radius 3 is 2.50 bits per heavy atom. The number of ether oxygens (including phenoxy) is 1. The monoisotopic (exact) mass is 299 g/mol. The van der Waals surface area contributed by atoms with Gasteiger partial charge < -0.3 is 21.1 Å². The van der Waals surface area contributed by atoms with Gasteiger partial charge in [-0.1, -0.05) is 0 Å². The summed E-state index contributed by atoms with van der Waals surface area (Å²) >= 11 is 1.62. The topological polar surface area (TPSA) is 76.4 Å². The molecule has 0 saturated carbocycles. The summed E-state index contributed by atoms with van der Waals surface area (Å²) in [6.45, 7) is 10.7. The van der Waals surface area contributed by atoms with E-state index in [0.717, 1.165) is 10.6 Å². The van der Waals surface area contributed by atoms with Crippen LogP contribution in [0.3, 0.4) is 0 Å². The SMILES string of the molecule is CC(C)(CNC(=O)OC(C)(C)C)NCc1sccc1N. The second kappa shape index (κ2) is 6.45. The van der Waals surface area contributed by atoms with Crippen molar-refractivity contribution in [2.45, 2.75) is 52.3 Å². The maximum atomic E-state index is 11.6. The largest absolute Gasteiger partial charge is 0.444 e. The van der Waals surface area contributed by atoms with Crippen LogP contribution in [0.5, 0.6) is 0 Å². The van der Waals surface area contributed by atoms with Gasteiger partial charge in [-0.05, 0) is 46.1 Å². The van der Waals surface area contributed by atoms with Crippen molar-refractivity contribution in [2.75, 3.05) is 12.3 Å². The van der Waals surface area contributed by atoms with Crippen LogP contribution in [-0.4, -0.2) is 23.8 Å². The summed E-state index contributed by atoms with van der Waals surface area (Å²) in [7, 11) is 0. The maximum absolute atomic E-state index is 11.6. The predicted octanol–water partition coefficient (Wildman–Crippen LogP) is 2.72. The Kier molecular flexibility index (Phi) is 5.42. The summed E-state index contributed by atoms with van der Waals surface area (Å²) in [4.78, 5) is 12.7. The summed E-state index contributed by atoms with van der Waals surface area (Å²) in [5, 5.41) is 8.12. The second-order valence-electron chi connectivity index (χ2n) is 6.39. The van der Waals surface area contributed by atoms with Gasteiger partial charge in [-0.3, -0.25) is 0 Å². The van der Waals surface area contributed by atoms with Gasteiger partial charge in [0.1, 0.15) is 5.60 Å². The minimum Gasteiger partial charge on any atom is -0.444 e. The molecule has 4 N–H and O–H groups in total. The summed E-state index contributed by atoms with van der Waals surface area (Å²) in [5.74, 6) is 0. The van der Waals surface area contributed by atoms with E-state index in [-0.39, 0.29) is 5.54 Å². The molecule has 0 atom stereocenters. The van der Waals surface area contributed by atoms with Gasteiger partial charge in [0.05, 0.1) is 0 Å². The lowest BCUT2D eigenvalue weighted by Crippen LogP contribution is -2.49. The Morgan fingerprint density at radius 2 is 2.00 bits per heavy atom. The van der Waals surface area contributed by atoms with Gasteiger partial charge in [-0.15, -0.1) is 11.3 Å². The van der Waals surface area contributed by atoms with E-state index in [1.807, 2.05) is 46.1 Å². The summed E-state index contributed by atoms with van der Waals surface area (Å²) in [6, 6.07) is 1.90. The molecule has 0 aliphatic carbocycles. The molecule has 1 aromatic rings. The number of nitrogens with two attached hydrogens (primary N) is 1. The molecule has 0 bridgehead atoms. The van der Waals surface area contributed by atoms with Gasteiger partial charge in [0.25, 0.3) is 0 Å². The molecular weight excluding hydrogens is 274 g/mol. The predicted molar refractivity (Wildman–Crippen MR) is 83.9 cm³/mol. The van der Waals surface area contributed by atoms with E-state index >= 15 is 0 Å². The molecule has 0 saturated heterocycles. The minimum atomic E-state index is -0.479. The van der Waals surface area contributed by atoms with Crippen LogP contribution in [0.2, 0.25) is 0 Å². The van der Waals surface area contributed by atoms with E-state index in [2.05, 4.69) is 10.6 Å². The number of rotatable bonds is 5. The highest BCUT2D eigenvalue weighted by Crippen LogP contribution is 2.19. The fraction of sp³-hybridized carbons (Fsp3) is 0.643. The lowest BCUT2D eigenvalue weighted by atomic mass is 10.1. The highest BCUT2D eigenvalue weighted by molar-refractivity contribution is 7.10. The molecule has 1 heterocycles. The van der Waals surface area contributed by atoms with E-state index in [0.29, 0.717) is 13.1 Å². The van der Waals surface area contributed by atoms with Crippen LogP contribution in [0.4, 0.5) is 10.5 Å². The van der Waals surface area contributed by atoms with Crippen molar-refractivity contribution in [3.8, 4) is 0 Å². The Labute approximate surface area is 124 Å². The van der Waals surface area contributed by atoms with Crippen molar-refractivity contribution in [1.82, 2.24) is 10.6 Å². The number of nitrogens with one attached hydrogen (secondary N) is 2. The average Bonchev–Trinajstić information content (AvgIpc) is 2.68. The molecule has 1 rings (SSSR count). The first-order valence-electron chi connectivity index (χ1n) is 6.63. The molecule has 0 fully saturated rings. The third kappa shape index (κ3) is 6.25. The number of thiophene rings is 1. The zero-order valence-electron chi connectivity index (χ0n) is 12.9. The number of anilines is 1. The van der Waals surface area contributed by atoms with E-state index in [9.17, 15) is 4.79 Å². The quantitative estimate of drug-likeness (QED) is 0.781. The summed E-state index contributed by atoms with van der Waals surface area (Å²) in [5.41, 5.74) is 5.92. The van der Waals surface area contributed by atoms with Crippen molar-refractivity contribution >= 4 is 23.1 Å². The van der Waals surface area contributed by atoms with Crippen molar-refractivity contribution in [2.24, 2.45) is 0 Å². The van der Waals surface area contributed by atoms with Gasteiger partial charge in [-0.2, -0.15) is 0 Å². The van der Waals surface area contributed by atoms with Crippen molar-refractivity contribution in [3.63, 3.8) is 0 Å². The average molecular weight is 299 g/mol. The Morgan fingerprint density at radius 1 is 1.35 bits per heavy atom. The molecule has 0 aliphatic heterocycles. The molecule has 0 unspecified atom stereocenters. The number of amides is 1. The molecule has 0 aromatic carbocycles. The molecular formula is C14H25N3O2S. The lowest BCUT2D eigenvalue weighted by Gasteiger charge is -2.27. The Hall–Kier alpha value is -1.27. The third-order valence-electron chi connectivity index (χ3n) is 2.58. The van der Waals surface area contributed by atoms with Crippen LogP contribution in [0.1, 0.15) is 39.5 Å². The molecule has 1 amide bonds. The molecule has 20 heavy (non-hydrogen) atoms. The van der Waals surface area contributed by atoms with Gasteiger partial charge >= 0.3 is 6.09 Å².